The van der Waals surface area contributed by atoms with E-state index in [0.29, 0.717) is 18.7 Å². The number of hydrogen-bond acceptors (Lipinski definition) is 2. The van der Waals surface area contributed by atoms with Gasteiger partial charge in [-0.1, -0.05) is 15.9 Å². The van der Waals surface area contributed by atoms with Crippen molar-refractivity contribution in [2.45, 2.75) is 13.0 Å². The van der Waals surface area contributed by atoms with E-state index < -0.39 is 11.9 Å². The maximum atomic E-state index is 13.5. The molecule has 1 aromatic rings. The number of nitrogens with zero attached hydrogens (tertiary/aromatic N) is 1. The summed E-state index contributed by atoms with van der Waals surface area (Å²) in [6.45, 7) is 2.56. The van der Waals surface area contributed by atoms with Gasteiger partial charge in [0, 0.05) is 29.2 Å². The molecule has 20 heavy (non-hydrogen) atoms. The molecule has 0 aliphatic carbocycles. The highest BCUT2D eigenvalue weighted by molar-refractivity contribution is 9.10. The number of hydrogen-bond donors (Lipinski definition) is 1. The minimum atomic E-state index is -0.506. The second-order valence-corrected chi connectivity index (χ2v) is 5.41. The van der Waals surface area contributed by atoms with Crippen LogP contribution >= 0.6 is 15.9 Å². The fourth-order valence-corrected chi connectivity index (χ4v) is 2.36. The first-order valence-electron chi connectivity index (χ1n) is 6.20. The van der Waals surface area contributed by atoms with Crippen molar-refractivity contribution >= 4 is 33.8 Å². The Labute approximate surface area is 124 Å². The van der Waals surface area contributed by atoms with Gasteiger partial charge in [-0.3, -0.25) is 9.59 Å². The predicted octanol–water partition coefficient (Wildman–Crippen LogP) is 1.95. The van der Waals surface area contributed by atoms with E-state index >= 15 is 0 Å². The molecule has 1 aromatic carbocycles. The van der Waals surface area contributed by atoms with Gasteiger partial charge in [-0.05, 0) is 31.2 Å². The maximum absolute atomic E-state index is 13.5. The lowest BCUT2D eigenvalue weighted by molar-refractivity contribution is -0.139. The summed E-state index contributed by atoms with van der Waals surface area (Å²) >= 11 is 3.25. The minimum absolute atomic E-state index is 0.174. The van der Waals surface area contributed by atoms with Crippen molar-refractivity contribution in [3.05, 3.63) is 40.1 Å². The van der Waals surface area contributed by atoms with Crippen LogP contribution in [0, 0.1) is 5.82 Å². The molecule has 106 valence electrons. The third kappa shape index (κ3) is 3.25. The summed E-state index contributed by atoms with van der Waals surface area (Å²) in [5, 5.41) is 2.68. The van der Waals surface area contributed by atoms with Crippen molar-refractivity contribution < 1.29 is 14.0 Å². The molecule has 1 fully saturated rings. The standard InChI is InChI=1S/C14H14BrFN2O2/c1-9-14(20)17-6-7-18(9)13(19)5-2-10-8-11(15)3-4-12(10)16/h2-5,8-9H,6-7H2,1H3,(H,17,20). The molecule has 0 bridgehead atoms. The number of piperazine rings is 1. The third-order valence-corrected chi connectivity index (χ3v) is 3.64. The molecule has 2 rings (SSSR count). The van der Waals surface area contributed by atoms with Crippen LogP contribution in [0.2, 0.25) is 0 Å². The molecule has 4 nitrogen and oxygen atoms in total. The molecular weight excluding hydrogens is 327 g/mol. The SMILES string of the molecule is CC1C(=O)NCCN1C(=O)C=Cc1cc(Br)ccc1F. The number of benzene rings is 1. The quantitative estimate of drug-likeness (QED) is 0.836. The van der Waals surface area contributed by atoms with E-state index in [1.165, 1.54) is 23.1 Å². The van der Waals surface area contributed by atoms with Crippen molar-refractivity contribution in [2.24, 2.45) is 0 Å². The Balaban J connectivity index is 2.12. The van der Waals surface area contributed by atoms with E-state index in [0.717, 1.165) is 4.47 Å². The molecule has 0 spiro atoms. The molecule has 1 N–H and O–H groups in total. The number of rotatable bonds is 2. The molecule has 2 amide bonds. The summed E-state index contributed by atoms with van der Waals surface area (Å²) in [5.74, 6) is -0.875. The first-order valence-corrected chi connectivity index (χ1v) is 7.00. The number of carbonyl (C=O) groups excluding carboxylic acids is 2. The van der Waals surface area contributed by atoms with Crippen LogP contribution in [0.5, 0.6) is 0 Å². The zero-order valence-corrected chi connectivity index (χ0v) is 12.5. The van der Waals surface area contributed by atoms with Gasteiger partial charge in [0.05, 0.1) is 0 Å². The Hall–Kier alpha value is -1.69. The van der Waals surface area contributed by atoms with Gasteiger partial charge >= 0.3 is 0 Å². The zero-order chi connectivity index (χ0) is 14.7. The summed E-state index contributed by atoms with van der Waals surface area (Å²) < 4.78 is 14.3. The highest BCUT2D eigenvalue weighted by Crippen LogP contribution is 2.17. The average molecular weight is 341 g/mol. The molecule has 0 aromatic heterocycles. The van der Waals surface area contributed by atoms with Gasteiger partial charge in [0.2, 0.25) is 11.8 Å². The molecule has 1 saturated heterocycles. The third-order valence-electron chi connectivity index (χ3n) is 3.15. The fourth-order valence-electron chi connectivity index (χ4n) is 1.98. The van der Waals surface area contributed by atoms with Gasteiger partial charge < -0.3 is 10.2 Å². The van der Waals surface area contributed by atoms with Crippen LogP contribution in [0.15, 0.2) is 28.7 Å². The van der Waals surface area contributed by atoms with Gasteiger partial charge in [-0.2, -0.15) is 0 Å². The topological polar surface area (TPSA) is 49.4 Å². The van der Waals surface area contributed by atoms with Crippen LogP contribution in [0.25, 0.3) is 6.08 Å². The van der Waals surface area contributed by atoms with Gasteiger partial charge in [0.25, 0.3) is 0 Å². The van der Waals surface area contributed by atoms with Crippen molar-refractivity contribution in [2.75, 3.05) is 13.1 Å². The van der Waals surface area contributed by atoms with Crippen LogP contribution in [0.4, 0.5) is 4.39 Å². The highest BCUT2D eigenvalue weighted by atomic mass is 79.9. The van der Waals surface area contributed by atoms with Crippen molar-refractivity contribution in [3.8, 4) is 0 Å². The van der Waals surface area contributed by atoms with Gasteiger partial charge in [-0.15, -0.1) is 0 Å². The number of halogens is 2. The van der Waals surface area contributed by atoms with Crippen LogP contribution in [0.1, 0.15) is 12.5 Å². The minimum Gasteiger partial charge on any atom is -0.353 e. The number of amides is 2. The lowest BCUT2D eigenvalue weighted by atomic mass is 10.1. The van der Waals surface area contributed by atoms with E-state index in [2.05, 4.69) is 21.2 Å². The van der Waals surface area contributed by atoms with Crippen molar-refractivity contribution in [1.82, 2.24) is 10.2 Å². The maximum Gasteiger partial charge on any atom is 0.247 e. The lowest BCUT2D eigenvalue weighted by Crippen LogP contribution is -2.55. The lowest BCUT2D eigenvalue weighted by Gasteiger charge is -2.31. The predicted molar refractivity (Wildman–Crippen MR) is 77.3 cm³/mol. The van der Waals surface area contributed by atoms with E-state index in [1.54, 1.807) is 19.1 Å². The second kappa shape index (κ2) is 6.17. The van der Waals surface area contributed by atoms with Gasteiger partial charge in [-0.25, -0.2) is 4.39 Å². The van der Waals surface area contributed by atoms with E-state index in [1.807, 2.05) is 0 Å². The average Bonchev–Trinajstić information content (AvgIpc) is 2.42. The van der Waals surface area contributed by atoms with E-state index in [-0.39, 0.29) is 11.8 Å². The summed E-state index contributed by atoms with van der Waals surface area (Å²) in [6, 6.07) is 4.00. The summed E-state index contributed by atoms with van der Waals surface area (Å²) in [7, 11) is 0. The Bertz CT molecular complexity index is 574. The largest absolute Gasteiger partial charge is 0.353 e. The number of carbonyl (C=O) groups is 2. The first kappa shape index (κ1) is 14.7. The summed E-state index contributed by atoms with van der Waals surface area (Å²) in [5.41, 5.74) is 0.321. The number of nitrogens with one attached hydrogen (secondary N) is 1. The second-order valence-electron chi connectivity index (χ2n) is 4.50. The Morgan fingerprint density at radius 3 is 3.05 bits per heavy atom. The van der Waals surface area contributed by atoms with Crippen molar-refractivity contribution in [1.29, 1.82) is 0 Å². The summed E-state index contributed by atoms with van der Waals surface area (Å²) in [6.07, 6.45) is 2.71. The molecule has 1 aliphatic heterocycles. The van der Waals surface area contributed by atoms with Crippen LogP contribution in [-0.4, -0.2) is 35.8 Å². The van der Waals surface area contributed by atoms with Gasteiger partial charge in [0.1, 0.15) is 11.9 Å². The molecule has 1 atom stereocenters. The normalized spacial score (nSPS) is 19.2. The van der Waals surface area contributed by atoms with Crippen molar-refractivity contribution in [3.63, 3.8) is 0 Å². The molecule has 1 aliphatic rings. The zero-order valence-electron chi connectivity index (χ0n) is 10.9. The van der Waals surface area contributed by atoms with Crippen LogP contribution in [-0.2, 0) is 9.59 Å². The molecule has 0 radical (unpaired) electrons. The van der Waals surface area contributed by atoms with Crippen LogP contribution in [0.3, 0.4) is 0 Å². The first-order chi connectivity index (χ1) is 9.49. The summed E-state index contributed by atoms with van der Waals surface area (Å²) in [4.78, 5) is 25.0. The van der Waals surface area contributed by atoms with E-state index in [4.69, 9.17) is 0 Å². The highest BCUT2D eigenvalue weighted by Gasteiger charge is 2.27. The molecule has 0 saturated carbocycles. The monoisotopic (exact) mass is 340 g/mol. The molecule has 6 heteroatoms. The van der Waals surface area contributed by atoms with E-state index in [9.17, 15) is 14.0 Å². The van der Waals surface area contributed by atoms with Gasteiger partial charge in [0.15, 0.2) is 0 Å². The molecular formula is C14H14BrFN2O2. The Kier molecular flexibility index (Phi) is 4.54. The van der Waals surface area contributed by atoms with Crippen LogP contribution < -0.4 is 5.32 Å². The fraction of sp³-hybridized carbons (Fsp3) is 0.286. The smallest absolute Gasteiger partial charge is 0.247 e. The Morgan fingerprint density at radius 1 is 1.55 bits per heavy atom. The molecule has 1 unspecified atom stereocenters. The Morgan fingerprint density at radius 2 is 2.30 bits per heavy atom. The molecule has 1 heterocycles.